The lowest BCUT2D eigenvalue weighted by atomic mass is 10.0. The number of hydrogen-bond donors (Lipinski definition) is 1. The van der Waals surface area contributed by atoms with Gasteiger partial charge in [-0.1, -0.05) is 65.8 Å². The van der Waals surface area contributed by atoms with Crippen LogP contribution in [0.3, 0.4) is 0 Å². The Kier molecular flexibility index (Phi) is 5.32. The summed E-state index contributed by atoms with van der Waals surface area (Å²) in [5, 5.41) is 14.1. The van der Waals surface area contributed by atoms with Gasteiger partial charge >= 0.3 is 0 Å². The van der Waals surface area contributed by atoms with Crippen LogP contribution in [0, 0.1) is 6.92 Å². The van der Waals surface area contributed by atoms with Gasteiger partial charge in [-0.2, -0.15) is 0 Å². The summed E-state index contributed by atoms with van der Waals surface area (Å²) >= 11 is 7.27. The number of amides is 1. The van der Waals surface area contributed by atoms with E-state index < -0.39 is 0 Å². The molecule has 1 heterocycles. The zero-order chi connectivity index (χ0) is 19.5. The molecule has 0 unspecified atom stereocenters. The van der Waals surface area contributed by atoms with E-state index in [9.17, 15) is 4.79 Å². The molecular weight excluding hydrogens is 394 g/mol. The van der Waals surface area contributed by atoms with Crippen LogP contribution in [-0.2, 0) is 4.79 Å². The third kappa shape index (κ3) is 4.03. The summed E-state index contributed by atoms with van der Waals surface area (Å²) in [5.41, 5.74) is 2.49. The van der Waals surface area contributed by atoms with E-state index in [0.29, 0.717) is 21.8 Å². The van der Waals surface area contributed by atoms with Crippen LogP contribution >= 0.6 is 23.4 Å². The minimum Gasteiger partial charge on any atom is -0.411 e. The highest BCUT2D eigenvalue weighted by atomic mass is 35.5. The van der Waals surface area contributed by atoms with E-state index in [2.05, 4.69) is 15.5 Å². The Balaban J connectivity index is 1.43. The zero-order valence-electron chi connectivity index (χ0n) is 15.0. The van der Waals surface area contributed by atoms with Gasteiger partial charge in [0, 0.05) is 16.3 Å². The second-order valence-electron chi connectivity index (χ2n) is 6.20. The van der Waals surface area contributed by atoms with Crippen molar-refractivity contribution in [3.05, 3.63) is 71.2 Å². The fourth-order valence-electron chi connectivity index (χ4n) is 2.78. The van der Waals surface area contributed by atoms with Gasteiger partial charge in [0.25, 0.3) is 5.22 Å². The fourth-order valence-corrected chi connectivity index (χ4v) is 3.53. The lowest BCUT2D eigenvalue weighted by Crippen LogP contribution is -2.14. The van der Waals surface area contributed by atoms with E-state index in [1.807, 2.05) is 61.5 Å². The average molecular weight is 410 g/mol. The summed E-state index contributed by atoms with van der Waals surface area (Å²) in [5.74, 6) is 0.419. The molecule has 0 bridgehead atoms. The molecule has 0 aliphatic rings. The van der Waals surface area contributed by atoms with Crippen molar-refractivity contribution in [2.75, 3.05) is 11.1 Å². The van der Waals surface area contributed by atoms with Gasteiger partial charge in [0.1, 0.15) is 0 Å². The lowest BCUT2D eigenvalue weighted by molar-refractivity contribution is -0.113. The molecule has 0 aliphatic heterocycles. The Labute approximate surface area is 171 Å². The number of thioether (sulfide) groups is 1. The molecule has 7 heteroatoms. The standard InChI is InChI=1S/C21H16ClN3O2S/c1-13-9-10-15(11-18(13)22)23-19(26)12-28-21-25-24-20(27-21)17-8-4-6-14-5-2-3-7-16(14)17/h2-11H,12H2,1H3,(H,23,26). The number of rotatable bonds is 5. The zero-order valence-corrected chi connectivity index (χ0v) is 16.6. The number of hydrogen-bond acceptors (Lipinski definition) is 5. The number of aromatic nitrogens is 2. The predicted molar refractivity (Wildman–Crippen MR) is 113 cm³/mol. The molecule has 1 N–H and O–H groups in total. The second kappa shape index (κ2) is 8.04. The Morgan fingerprint density at radius 3 is 2.79 bits per heavy atom. The third-order valence-electron chi connectivity index (χ3n) is 4.21. The molecule has 0 saturated heterocycles. The second-order valence-corrected chi connectivity index (χ2v) is 7.53. The molecule has 4 rings (SSSR count). The van der Waals surface area contributed by atoms with Crippen LogP contribution in [0.2, 0.25) is 5.02 Å². The normalized spacial score (nSPS) is 10.9. The predicted octanol–water partition coefficient (Wildman–Crippen LogP) is 5.58. The van der Waals surface area contributed by atoms with Crippen molar-refractivity contribution in [1.29, 1.82) is 0 Å². The van der Waals surface area contributed by atoms with Gasteiger partial charge in [0.05, 0.1) is 5.75 Å². The summed E-state index contributed by atoms with van der Waals surface area (Å²) < 4.78 is 5.75. The van der Waals surface area contributed by atoms with Gasteiger partial charge < -0.3 is 9.73 Å². The molecule has 0 spiro atoms. The first kappa shape index (κ1) is 18.5. The lowest BCUT2D eigenvalue weighted by Gasteiger charge is -2.05. The monoisotopic (exact) mass is 409 g/mol. The van der Waals surface area contributed by atoms with E-state index in [0.717, 1.165) is 21.9 Å². The average Bonchev–Trinajstić information content (AvgIpc) is 3.18. The van der Waals surface area contributed by atoms with Crippen LogP contribution in [0.15, 0.2) is 70.3 Å². The van der Waals surface area contributed by atoms with Crippen molar-refractivity contribution in [3.8, 4) is 11.5 Å². The van der Waals surface area contributed by atoms with Gasteiger partial charge in [0.2, 0.25) is 11.8 Å². The Hall–Kier alpha value is -2.83. The van der Waals surface area contributed by atoms with Crippen molar-refractivity contribution in [2.24, 2.45) is 0 Å². The van der Waals surface area contributed by atoms with Gasteiger partial charge in [-0.15, -0.1) is 10.2 Å². The molecule has 0 fully saturated rings. The van der Waals surface area contributed by atoms with Crippen molar-refractivity contribution in [2.45, 2.75) is 12.1 Å². The molecule has 0 atom stereocenters. The molecule has 5 nitrogen and oxygen atoms in total. The van der Waals surface area contributed by atoms with Gasteiger partial charge in [0.15, 0.2) is 0 Å². The fraction of sp³-hybridized carbons (Fsp3) is 0.0952. The van der Waals surface area contributed by atoms with E-state index >= 15 is 0 Å². The molecule has 140 valence electrons. The van der Waals surface area contributed by atoms with Crippen molar-refractivity contribution < 1.29 is 9.21 Å². The summed E-state index contributed by atoms with van der Waals surface area (Å²) in [7, 11) is 0. The summed E-state index contributed by atoms with van der Waals surface area (Å²) in [6, 6.07) is 19.3. The van der Waals surface area contributed by atoms with Crippen molar-refractivity contribution in [3.63, 3.8) is 0 Å². The smallest absolute Gasteiger partial charge is 0.277 e. The number of aryl methyl sites for hydroxylation is 1. The van der Waals surface area contributed by atoms with Crippen LogP contribution in [0.5, 0.6) is 0 Å². The van der Waals surface area contributed by atoms with Crippen LogP contribution < -0.4 is 5.32 Å². The molecule has 1 amide bonds. The maximum Gasteiger partial charge on any atom is 0.277 e. The molecule has 28 heavy (non-hydrogen) atoms. The molecule has 0 radical (unpaired) electrons. The van der Waals surface area contributed by atoms with Gasteiger partial charge in [-0.05, 0) is 41.5 Å². The number of halogens is 1. The van der Waals surface area contributed by atoms with Gasteiger partial charge in [-0.3, -0.25) is 4.79 Å². The number of nitrogens with zero attached hydrogens (tertiary/aromatic N) is 2. The maximum absolute atomic E-state index is 12.2. The van der Waals surface area contributed by atoms with E-state index in [1.54, 1.807) is 6.07 Å². The number of fused-ring (bicyclic) bond motifs is 1. The first-order valence-electron chi connectivity index (χ1n) is 8.60. The summed E-state index contributed by atoms with van der Waals surface area (Å²) in [6.45, 7) is 1.91. The molecular formula is C21H16ClN3O2S. The molecule has 3 aromatic carbocycles. The number of carbonyl (C=O) groups excluding carboxylic acids is 1. The first-order valence-corrected chi connectivity index (χ1v) is 9.97. The summed E-state index contributed by atoms with van der Waals surface area (Å²) in [4.78, 5) is 12.2. The minimum absolute atomic E-state index is 0.155. The Morgan fingerprint density at radius 1 is 1.11 bits per heavy atom. The SMILES string of the molecule is Cc1ccc(NC(=O)CSc2nnc(-c3cccc4ccccc34)o2)cc1Cl. The van der Waals surface area contributed by atoms with Crippen LogP contribution in [-0.4, -0.2) is 21.9 Å². The molecule has 4 aromatic rings. The van der Waals surface area contributed by atoms with Gasteiger partial charge in [-0.25, -0.2) is 0 Å². The topological polar surface area (TPSA) is 68.0 Å². The van der Waals surface area contributed by atoms with Crippen LogP contribution in [0.4, 0.5) is 5.69 Å². The largest absolute Gasteiger partial charge is 0.411 e. The molecule has 1 aromatic heterocycles. The number of carbonyl (C=O) groups is 1. The number of nitrogens with one attached hydrogen (secondary N) is 1. The van der Waals surface area contributed by atoms with Crippen molar-refractivity contribution >= 4 is 45.7 Å². The minimum atomic E-state index is -0.171. The highest BCUT2D eigenvalue weighted by Gasteiger charge is 2.13. The maximum atomic E-state index is 12.2. The van der Waals surface area contributed by atoms with Crippen molar-refractivity contribution in [1.82, 2.24) is 10.2 Å². The van der Waals surface area contributed by atoms with Crippen LogP contribution in [0.1, 0.15) is 5.56 Å². The highest BCUT2D eigenvalue weighted by Crippen LogP contribution is 2.29. The van der Waals surface area contributed by atoms with E-state index in [-0.39, 0.29) is 11.7 Å². The summed E-state index contributed by atoms with van der Waals surface area (Å²) in [6.07, 6.45) is 0. The van der Waals surface area contributed by atoms with Crippen LogP contribution in [0.25, 0.3) is 22.2 Å². The van der Waals surface area contributed by atoms with E-state index in [1.165, 1.54) is 11.8 Å². The molecule has 0 aliphatic carbocycles. The first-order chi connectivity index (χ1) is 13.6. The Bertz CT molecular complexity index is 1150. The van der Waals surface area contributed by atoms with E-state index in [4.69, 9.17) is 16.0 Å². The third-order valence-corrected chi connectivity index (χ3v) is 5.43. The number of anilines is 1. The number of benzene rings is 3. The molecule has 0 saturated carbocycles. The Morgan fingerprint density at radius 2 is 1.93 bits per heavy atom. The highest BCUT2D eigenvalue weighted by molar-refractivity contribution is 7.99. The quantitative estimate of drug-likeness (QED) is 0.435.